The summed E-state index contributed by atoms with van der Waals surface area (Å²) in [7, 11) is 3.40. The number of aromatic nitrogens is 1. The number of benzene rings is 2. The van der Waals surface area contributed by atoms with Crippen molar-refractivity contribution in [2.45, 2.75) is 18.2 Å². The van der Waals surface area contributed by atoms with E-state index in [4.69, 9.17) is 0 Å². The molecule has 0 aliphatic rings. The number of thiazole rings is 1. The normalized spacial score (nSPS) is 10.6. The van der Waals surface area contributed by atoms with E-state index in [1.54, 1.807) is 57.4 Å². The summed E-state index contributed by atoms with van der Waals surface area (Å²) >= 11 is 2.46. The number of aryl methyl sites for hydroxylation is 1. The predicted molar refractivity (Wildman–Crippen MR) is 115 cm³/mol. The van der Waals surface area contributed by atoms with Crippen molar-refractivity contribution < 1.29 is 14.0 Å². The van der Waals surface area contributed by atoms with E-state index in [1.807, 2.05) is 0 Å². The summed E-state index contributed by atoms with van der Waals surface area (Å²) in [6.45, 7) is 1.80. The van der Waals surface area contributed by atoms with Gasteiger partial charge in [0.1, 0.15) is 10.7 Å². The van der Waals surface area contributed by atoms with Gasteiger partial charge in [-0.15, -0.1) is 11.3 Å². The molecule has 0 fully saturated rings. The molecule has 0 saturated carbocycles. The van der Waals surface area contributed by atoms with Crippen LogP contribution in [0.2, 0.25) is 0 Å². The predicted octanol–water partition coefficient (Wildman–Crippen LogP) is 5.21. The van der Waals surface area contributed by atoms with Crippen LogP contribution in [0.3, 0.4) is 0 Å². The molecule has 1 aromatic heterocycles. The average Bonchev–Trinajstić information content (AvgIpc) is 3.05. The molecule has 8 heteroatoms. The van der Waals surface area contributed by atoms with Crippen LogP contribution < -0.4 is 5.32 Å². The molecule has 3 aromatic rings. The zero-order chi connectivity index (χ0) is 21.0. The third kappa shape index (κ3) is 5.65. The highest BCUT2D eigenvalue weighted by molar-refractivity contribution is 8.13. The molecule has 1 heterocycles. The molecule has 0 unspecified atom stereocenters. The molecule has 0 aliphatic heterocycles. The number of thioether (sulfide) groups is 1. The molecule has 0 bridgehead atoms. The largest absolute Gasteiger partial charge is 0.339 e. The number of amides is 2. The second-order valence-corrected chi connectivity index (χ2v) is 8.67. The maximum absolute atomic E-state index is 13.0. The summed E-state index contributed by atoms with van der Waals surface area (Å²) in [5, 5.41) is 3.60. The van der Waals surface area contributed by atoms with Crippen molar-refractivity contribution in [3.8, 4) is 0 Å². The summed E-state index contributed by atoms with van der Waals surface area (Å²) in [5.41, 5.74) is 2.24. The van der Waals surface area contributed by atoms with Crippen molar-refractivity contribution in [2.24, 2.45) is 0 Å². The number of hydrogen-bond acceptors (Lipinski definition) is 5. The third-order valence-electron chi connectivity index (χ3n) is 4.00. The zero-order valence-corrected chi connectivity index (χ0v) is 17.9. The molecule has 0 radical (unpaired) electrons. The minimum absolute atomic E-state index is 0.0595. The Kier molecular flexibility index (Phi) is 6.66. The van der Waals surface area contributed by atoms with Gasteiger partial charge in [-0.2, -0.15) is 0 Å². The highest BCUT2D eigenvalue weighted by Crippen LogP contribution is 2.25. The summed E-state index contributed by atoms with van der Waals surface area (Å²) in [6, 6.07) is 13.4. The molecule has 0 spiro atoms. The summed E-state index contributed by atoms with van der Waals surface area (Å²) < 4.78 is 13.0. The second kappa shape index (κ2) is 9.19. The molecular weight excluding hydrogens is 409 g/mol. The fourth-order valence-corrected chi connectivity index (χ4v) is 4.15. The molecule has 2 aromatic carbocycles. The first-order valence-electron chi connectivity index (χ1n) is 8.83. The number of carbonyl (C=O) groups excluding carboxylic acids is 2. The van der Waals surface area contributed by atoms with E-state index >= 15 is 0 Å². The van der Waals surface area contributed by atoms with E-state index in [9.17, 15) is 14.0 Å². The summed E-state index contributed by atoms with van der Waals surface area (Å²) in [5.74, 6) is -0.505. The number of nitrogens with one attached hydrogen (secondary N) is 1. The average molecular weight is 430 g/mol. The van der Waals surface area contributed by atoms with Gasteiger partial charge in [-0.25, -0.2) is 9.37 Å². The molecule has 0 atom stereocenters. The SMILES string of the molecule is Cc1nc(Cc2ccc(F)cc2)sc1C(=O)Nc1ccc(SC(=O)N(C)C)cc1. The van der Waals surface area contributed by atoms with Gasteiger partial charge >= 0.3 is 0 Å². The maximum atomic E-state index is 13.0. The summed E-state index contributed by atoms with van der Waals surface area (Å²) in [6.07, 6.45) is 0.547. The molecular formula is C21H20FN3O2S2. The van der Waals surface area contributed by atoms with Crippen molar-refractivity contribution in [1.82, 2.24) is 9.88 Å². The van der Waals surface area contributed by atoms with Gasteiger partial charge in [0.05, 0.1) is 10.7 Å². The van der Waals surface area contributed by atoms with Gasteiger partial charge in [0.25, 0.3) is 11.1 Å². The van der Waals surface area contributed by atoms with Crippen LogP contribution in [-0.4, -0.2) is 35.1 Å². The van der Waals surface area contributed by atoms with E-state index < -0.39 is 0 Å². The van der Waals surface area contributed by atoms with E-state index in [0.717, 1.165) is 27.2 Å². The van der Waals surface area contributed by atoms with Crippen LogP contribution in [0.5, 0.6) is 0 Å². The second-order valence-electron chi connectivity index (χ2n) is 6.57. The van der Waals surface area contributed by atoms with E-state index in [1.165, 1.54) is 28.4 Å². The van der Waals surface area contributed by atoms with Crippen LogP contribution in [0.15, 0.2) is 53.4 Å². The molecule has 2 amide bonds. The maximum Gasteiger partial charge on any atom is 0.285 e. The zero-order valence-electron chi connectivity index (χ0n) is 16.2. The van der Waals surface area contributed by atoms with Gasteiger partial charge in [-0.1, -0.05) is 12.1 Å². The Labute approximate surface area is 177 Å². The van der Waals surface area contributed by atoms with Gasteiger partial charge < -0.3 is 10.2 Å². The molecule has 150 valence electrons. The molecule has 0 saturated heterocycles. The fourth-order valence-electron chi connectivity index (χ4n) is 2.50. The van der Waals surface area contributed by atoms with E-state index in [0.29, 0.717) is 22.7 Å². The first-order chi connectivity index (χ1) is 13.8. The molecule has 3 rings (SSSR count). The van der Waals surface area contributed by atoms with Crippen molar-refractivity contribution in [1.29, 1.82) is 0 Å². The third-order valence-corrected chi connectivity index (χ3v) is 6.20. The standard InChI is InChI=1S/C21H20FN3O2S2/c1-13-19(29-18(23-13)12-14-4-6-15(22)7-5-14)20(26)24-16-8-10-17(11-9-16)28-21(27)25(2)3/h4-11H,12H2,1-3H3,(H,24,26). The van der Waals surface area contributed by atoms with Crippen LogP contribution in [-0.2, 0) is 6.42 Å². The van der Waals surface area contributed by atoms with Gasteiger partial charge in [-0.05, 0) is 60.6 Å². The Morgan fingerprint density at radius 1 is 1.10 bits per heavy atom. The molecule has 0 aliphatic carbocycles. The van der Waals surface area contributed by atoms with Crippen molar-refractivity contribution in [3.05, 3.63) is 75.5 Å². The van der Waals surface area contributed by atoms with Crippen LogP contribution in [0.4, 0.5) is 14.9 Å². The van der Waals surface area contributed by atoms with Crippen LogP contribution in [0.1, 0.15) is 25.9 Å². The first kappa shape index (κ1) is 21.0. The Bertz CT molecular complexity index is 1020. The first-order valence-corrected chi connectivity index (χ1v) is 10.5. The van der Waals surface area contributed by atoms with E-state index in [2.05, 4.69) is 10.3 Å². The Hall–Kier alpha value is -2.71. The number of carbonyl (C=O) groups is 2. The lowest BCUT2D eigenvalue weighted by atomic mass is 10.1. The monoisotopic (exact) mass is 429 g/mol. The molecule has 5 nitrogen and oxygen atoms in total. The minimum Gasteiger partial charge on any atom is -0.339 e. The van der Waals surface area contributed by atoms with Crippen molar-refractivity contribution in [2.75, 3.05) is 19.4 Å². The number of rotatable bonds is 5. The van der Waals surface area contributed by atoms with Gasteiger partial charge in [-0.3, -0.25) is 9.59 Å². The van der Waals surface area contributed by atoms with Crippen molar-refractivity contribution >= 4 is 39.9 Å². The topological polar surface area (TPSA) is 62.3 Å². The van der Waals surface area contributed by atoms with E-state index in [-0.39, 0.29) is 17.0 Å². The highest BCUT2D eigenvalue weighted by atomic mass is 32.2. The number of hydrogen-bond donors (Lipinski definition) is 1. The summed E-state index contributed by atoms with van der Waals surface area (Å²) in [4.78, 5) is 31.7. The Morgan fingerprint density at radius 2 is 1.76 bits per heavy atom. The Balaban J connectivity index is 1.65. The van der Waals surface area contributed by atoms with Crippen LogP contribution >= 0.6 is 23.1 Å². The lowest BCUT2D eigenvalue weighted by Gasteiger charge is -2.09. The lowest BCUT2D eigenvalue weighted by molar-refractivity contribution is 0.103. The van der Waals surface area contributed by atoms with Crippen LogP contribution in [0, 0.1) is 12.7 Å². The number of anilines is 1. The smallest absolute Gasteiger partial charge is 0.285 e. The van der Waals surface area contributed by atoms with Crippen LogP contribution in [0.25, 0.3) is 0 Å². The van der Waals surface area contributed by atoms with Crippen molar-refractivity contribution in [3.63, 3.8) is 0 Å². The number of nitrogens with zero attached hydrogens (tertiary/aromatic N) is 2. The van der Waals surface area contributed by atoms with Gasteiger partial charge in [0.2, 0.25) is 0 Å². The van der Waals surface area contributed by atoms with Gasteiger partial charge in [0, 0.05) is 31.1 Å². The molecule has 29 heavy (non-hydrogen) atoms. The van der Waals surface area contributed by atoms with Gasteiger partial charge in [0.15, 0.2) is 0 Å². The quantitative estimate of drug-likeness (QED) is 0.566. The number of halogens is 1. The molecule has 1 N–H and O–H groups in total. The minimum atomic E-state index is -0.278. The highest BCUT2D eigenvalue weighted by Gasteiger charge is 2.16. The Morgan fingerprint density at radius 3 is 2.38 bits per heavy atom. The lowest BCUT2D eigenvalue weighted by Crippen LogP contribution is -2.16. The fraction of sp³-hybridized carbons (Fsp3) is 0.190.